The van der Waals surface area contributed by atoms with Crippen LogP contribution in [0.3, 0.4) is 0 Å². The summed E-state index contributed by atoms with van der Waals surface area (Å²) in [5, 5.41) is 0. The second-order valence-electron chi connectivity index (χ2n) is 8.12. The molecule has 0 spiro atoms. The number of carbonyl (C=O) groups is 2. The molecule has 0 saturated heterocycles. The molecular formula is C17H30O3. The van der Waals surface area contributed by atoms with Gasteiger partial charge in [0.25, 0.3) is 0 Å². The average Bonchev–Trinajstić information content (AvgIpc) is 2.25. The van der Waals surface area contributed by atoms with Gasteiger partial charge in [-0.1, -0.05) is 20.8 Å². The molecular weight excluding hydrogens is 252 g/mol. The maximum absolute atomic E-state index is 12.2. The van der Waals surface area contributed by atoms with E-state index in [2.05, 4.69) is 0 Å². The number of esters is 1. The van der Waals surface area contributed by atoms with Crippen molar-refractivity contribution in [1.82, 2.24) is 0 Å². The number of hydrogen-bond donors (Lipinski definition) is 0. The third-order valence-corrected chi connectivity index (χ3v) is 3.83. The fourth-order valence-corrected chi connectivity index (χ4v) is 2.86. The van der Waals surface area contributed by atoms with Crippen molar-refractivity contribution in [2.45, 2.75) is 79.2 Å². The van der Waals surface area contributed by atoms with Crippen LogP contribution in [0.25, 0.3) is 0 Å². The highest BCUT2D eigenvalue weighted by molar-refractivity contribution is 5.86. The molecule has 3 heteroatoms. The number of ether oxygens (including phenoxy) is 1. The first-order chi connectivity index (χ1) is 8.99. The van der Waals surface area contributed by atoms with Crippen molar-refractivity contribution in [2.75, 3.05) is 0 Å². The SMILES string of the molecule is CC(C)(C)OC(=O)CC1CCC(C(=O)C(C)(C)C)CC1. The lowest BCUT2D eigenvalue weighted by atomic mass is 9.73. The summed E-state index contributed by atoms with van der Waals surface area (Å²) in [5.74, 6) is 0.829. The summed E-state index contributed by atoms with van der Waals surface area (Å²) in [6.45, 7) is 11.6. The molecule has 116 valence electrons. The second-order valence-corrected chi connectivity index (χ2v) is 8.12. The number of ketones is 1. The van der Waals surface area contributed by atoms with Crippen LogP contribution in [0.15, 0.2) is 0 Å². The Morgan fingerprint density at radius 2 is 1.45 bits per heavy atom. The molecule has 1 fully saturated rings. The molecule has 0 aromatic rings. The minimum atomic E-state index is -0.406. The van der Waals surface area contributed by atoms with E-state index in [9.17, 15) is 9.59 Å². The summed E-state index contributed by atoms with van der Waals surface area (Å²) in [4.78, 5) is 24.1. The lowest BCUT2D eigenvalue weighted by molar-refractivity contribution is -0.156. The van der Waals surface area contributed by atoms with Gasteiger partial charge >= 0.3 is 5.97 Å². The maximum atomic E-state index is 12.2. The van der Waals surface area contributed by atoms with Crippen LogP contribution in [0.5, 0.6) is 0 Å². The Kier molecular flexibility index (Phi) is 5.39. The van der Waals surface area contributed by atoms with Gasteiger partial charge in [-0.2, -0.15) is 0 Å². The van der Waals surface area contributed by atoms with Gasteiger partial charge in [-0.05, 0) is 52.4 Å². The minimum absolute atomic E-state index is 0.108. The fraction of sp³-hybridized carbons (Fsp3) is 0.882. The van der Waals surface area contributed by atoms with Gasteiger partial charge in [-0.15, -0.1) is 0 Å². The third-order valence-electron chi connectivity index (χ3n) is 3.83. The highest BCUT2D eigenvalue weighted by Crippen LogP contribution is 2.35. The van der Waals surface area contributed by atoms with Gasteiger partial charge in [0, 0.05) is 17.8 Å². The molecule has 0 aliphatic heterocycles. The van der Waals surface area contributed by atoms with Gasteiger partial charge in [-0.3, -0.25) is 9.59 Å². The minimum Gasteiger partial charge on any atom is -0.460 e. The Bertz CT molecular complexity index is 349. The van der Waals surface area contributed by atoms with Gasteiger partial charge in [0.2, 0.25) is 0 Å². The quantitative estimate of drug-likeness (QED) is 0.731. The Morgan fingerprint density at radius 1 is 0.950 bits per heavy atom. The molecule has 0 unspecified atom stereocenters. The van der Waals surface area contributed by atoms with Crippen LogP contribution < -0.4 is 0 Å². The van der Waals surface area contributed by atoms with E-state index in [1.54, 1.807) is 0 Å². The predicted octanol–water partition coefficient (Wildman–Crippen LogP) is 4.14. The van der Waals surface area contributed by atoms with E-state index in [1.807, 2.05) is 41.5 Å². The summed E-state index contributed by atoms with van der Waals surface area (Å²) >= 11 is 0. The van der Waals surface area contributed by atoms with Crippen molar-refractivity contribution in [3.05, 3.63) is 0 Å². The van der Waals surface area contributed by atoms with Crippen LogP contribution in [-0.2, 0) is 14.3 Å². The average molecular weight is 282 g/mol. The normalized spacial score (nSPS) is 24.3. The lowest BCUT2D eigenvalue weighted by Crippen LogP contribution is -2.32. The molecule has 1 rings (SSSR count). The largest absolute Gasteiger partial charge is 0.460 e. The molecule has 0 bridgehead atoms. The number of carbonyl (C=O) groups excluding carboxylic acids is 2. The van der Waals surface area contributed by atoms with Crippen LogP contribution >= 0.6 is 0 Å². The smallest absolute Gasteiger partial charge is 0.306 e. The molecule has 0 radical (unpaired) electrons. The van der Waals surface area contributed by atoms with Crippen molar-refractivity contribution >= 4 is 11.8 Å². The zero-order valence-corrected chi connectivity index (χ0v) is 13.9. The van der Waals surface area contributed by atoms with E-state index in [-0.39, 0.29) is 17.3 Å². The van der Waals surface area contributed by atoms with E-state index in [4.69, 9.17) is 4.74 Å². The van der Waals surface area contributed by atoms with Gasteiger partial charge in [-0.25, -0.2) is 0 Å². The van der Waals surface area contributed by atoms with Crippen LogP contribution in [0.2, 0.25) is 0 Å². The van der Waals surface area contributed by atoms with Crippen LogP contribution in [-0.4, -0.2) is 17.4 Å². The summed E-state index contributed by atoms with van der Waals surface area (Å²) in [5.41, 5.74) is -0.654. The standard InChI is InChI=1S/C17H30O3/c1-16(2,3)15(19)13-9-7-12(8-10-13)11-14(18)20-17(4,5)6/h12-13H,7-11H2,1-6H3. The molecule has 0 aromatic carbocycles. The Hall–Kier alpha value is -0.860. The molecule has 1 aliphatic carbocycles. The Labute approximate surface area is 123 Å². The van der Waals surface area contributed by atoms with Crippen molar-refractivity contribution in [3.63, 3.8) is 0 Å². The highest BCUT2D eigenvalue weighted by Gasteiger charge is 2.33. The fourth-order valence-electron chi connectivity index (χ4n) is 2.86. The first-order valence-electron chi connectivity index (χ1n) is 7.75. The Morgan fingerprint density at radius 3 is 1.85 bits per heavy atom. The van der Waals surface area contributed by atoms with Crippen molar-refractivity contribution in [1.29, 1.82) is 0 Å². The highest BCUT2D eigenvalue weighted by atomic mass is 16.6. The number of hydrogen-bond acceptors (Lipinski definition) is 3. The van der Waals surface area contributed by atoms with Crippen LogP contribution in [0, 0.1) is 17.3 Å². The predicted molar refractivity (Wildman–Crippen MR) is 80.4 cm³/mol. The van der Waals surface area contributed by atoms with E-state index < -0.39 is 5.60 Å². The molecule has 1 aliphatic rings. The number of Topliss-reactive ketones (excluding diaryl/α,β-unsaturated/α-hetero) is 1. The van der Waals surface area contributed by atoms with Crippen molar-refractivity contribution in [3.8, 4) is 0 Å². The van der Waals surface area contributed by atoms with E-state index in [1.165, 1.54) is 0 Å². The van der Waals surface area contributed by atoms with Crippen LogP contribution in [0.4, 0.5) is 0 Å². The lowest BCUT2D eigenvalue weighted by Gasteiger charge is -2.31. The molecule has 0 atom stereocenters. The first-order valence-corrected chi connectivity index (χ1v) is 7.75. The third kappa shape index (κ3) is 5.64. The first kappa shape index (κ1) is 17.2. The zero-order chi connectivity index (χ0) is 15.6. The molecule has 0 N–H and O–H groups in total. The van der Waals surface area contributed by atoms with Gasteiger partial charge in [0.05, 0.1) is 0 Å². The van der Waals surface area contributed by atoms with E-state index >= 15 is 0 Å². The topological polar surface area (TPSA) is 43.4 Å². The molecule has 0 aromatic heterocycles. The molecule has 1 saturated carbocycles. The van der Waals surface area contributed by atoms with Gasteiger partial charge in [0.1, 0.15) is 11.4 Å². The Balaban J connectivity index is 2.40. The summed E-state index contributed by atoms with van der Waals surface area (Å²) in [7, 11) is 0. The second kappa shape index (κ2) is 6.28. The maximum Gasteiger partial charge on any atom is 0.306 e. The summed E-state index contributed by atoms with van der Waals surface area (Å²) < 4.78 is 5.36. The van der Waals surface area contributed by atoms with E-state index in [0.717, 1.165) is 25.7 Å². The molecule has 0 heterocycles. The van der Waals surface area contributed by atoms with Crippen molar-refractivity contribution < 1.29 is 14.3 Å². The summed E-state index contributed by atoms with van der Waals surface area (Å²) in [6, 6.07) is 0. The van der Waals surface area contributed by atoms with E-state index in [0.29, 0.717) is 18.1 Å². The van der Waals surface area contributed by atoms with Crippen molar-refractivity contribution in [2.24, 2.45) is 17.3 Å². The zero-order valence-electron chi connectivity index (χ0n) is 13.9. The molecule has 0 amide bonds. The monoisotopic (exact) mass is 282 g/mol. The van der Waals surface area contributed by atoms with Crippen LogP contribution in [0.1, 0.15) is 73.6 Å². The van der Waals surface area contributed by atoms with Gasteiger partial charge in [0.15, 0.2) is 0 Å². The summed E-state index contributed by atoms with van der Waals surface area (Å²) in [6.07, 6.45) is 4.26. The molecule has 20 heavy (non-hydrogen) atoms. The molecule has 3 nitrogen and oxygen atoms in total. The number of rotatable bonds is 3. The van der Waals surface area contributed by atoms with Gasteiger partial charge < -0.3 is 4.74 Å².